The largest absolute Gasteiger partial charge is 0.496 e. The van der Waals surface area contributed by atoms with Crippen LogP contribution in [0.5, 0.6) is 5.75 Å². The van der Waals surface area contributed by atoms with Crippen LogP contribution in [0.25, 0.3) is 0 Å². The third-order valence-electron chi connectivity index (χ3n) is 3.70. The molecule has 0 bridgehead atoms. The summed E-state index contributed by atoms with van der Waals surface area (Å²) in [6, 6.07) is 8.25. The van der Waals surface area contributed by atoms with Crippen LogP contribution in [0.1, 0.15) is 39.7 Å². The monoisotopic (exact) mass is 285 g/mol. The number of aromatic nitrogens is 1. The number of hydrogen-bond acceptors (Lipinski definition) is 4. The second-order valence-electron chi connectivity index (χ2n) is 5.46. The zero-order chi connectivity index (χ0) is 15.6. The Morgan fingerprint density at radius 1 is 1.00 bits per heavy atom. The van der Waals surface area contributed by atoms with Crippen LogP contribution in [0.2, 0.25) is 0 Å². The number of ether oxygens (including phenoxy) is 1. The van der Waals surface area contributed by atoms with Gasteiger partial charge in [-0.3, -0.25) is 10.8 Å². The van der Waals surface area contributed by atoms with Crippen LogP contribution < -0.4 is 16.0 Å². The lowest BCUT2D eigenvalue weighted by Gasteiger charge is -2.21. The van der Waals surface area contributed by atoms with Crippen molar-refractivity contribution in [2.75, 3.05) is 7.11 Å². The Bertz CT molecular complexity index is 632. The average molecular weight is 285 g/mol. The van der Waals surface area contributed by atoms with Crippen LogP contribution in [0.15, 0.2) is 24.3 Å². The first-order valence-corrected chi connectivity index (χ1v) is 7.02. The van der Waals surface area contributed by atoms with Gasteiger partial charge < -0.3 is 4.74 Å². The number of aryl methyl sites for hydroxylation is 4. The Morgan fingerprint density at radius 3 is 2.14 bits per heavy atom. The fourth-order valence-corrected chi connectivity index (χ4v) is 2.74. The Kier molecular flexibility index (Phi) is 4.60. The highest BCUT2D eigenvalue weighted by molar-refractivity contribution is 5.46. The van der Waals surface area contributed by atoms with Gasteiger partial charge in [0.15, 0.2) is 0 Å². The summed E-state index contributed by atoms with van der Waals surface area (Å²) in [5.41, 5.74) is 9.43. The van der Waals surface area contributed by atoms with Gasteiger partial charge in [-0.15, -0.1) is 0 Å². The molecule has 3 N–H and O–H groups in total. The lowest BCUT2D eigenvalue weighted by molar-refractivity contribution is 0.411. The van der Waals surface area contributed by atoms with E-state index < -0.39 is 0 Å². The first-order valence-electron chi connectivity index (χ1n) is 7.02. The second kappa shape index (κ2) is 6.24. The molecule has 1 aromatic carbocycles. The average Bonchev–Trinajstić information content (AvgIpc) is 2.42. The lowest BCUT2D eigenvalue weighted by Crippen LogP contribution is -2.29. The minimum atomic E-state index is -0.0602. The fraction of sp³-hybridized carbons (Fsp3) is 0.353. The Labute approximate surface area is 126 Å². The van der Waals surface area contributed by atoms with Crippen LogP contribution in [0.4, 0.5) is 0 Å². The predicted molar refractivity (Wildman–Crippen MR) is 85.3 cm³/mol. The van der Waals surface area contributed by atoms with Crippen LogP contribution in [0.3, 0.4) is 0 Å². The van der Waals surface area contributed by atoms with Crippen LogP contribution >= 0.6 is 0 Å². The number of nitrogens with one attached hydrogen (secondary N) is 1. The summed E-state index contributed by atoms with van der Waals surface area (Å²) in [6.45, 7) is 8.10. The van der Waals surface area contributed by atoms with E-state index in [4.69, 9.17) is 10.6 Å². The maximum Gasteiger partial charge on any atom is 0.122 e. The Balaban J connectivity index is 2.53. The van der Waals surface area contributed by atoms with Gasteiger partial charge in [-0.25, -0.2) is 5.43 Å². The predicted octanol–water partition coefficient (Wildman–Crippen LogP) is 2.88. The molecule has 0 fully saturated rings. The summed E-state index contributed by atoms with van der Waals surface area (Å²) in [7, 11) is 1.69. The van der Waals surface area contributed by atoms with Crippen LogP contribution in [-0.2, 0) is 0 Å². The number of nitrogens with two attached hydrogens (primary N) is 1. The van der Waals surface area contributed by atoms with E-state index in [0.29, 0.717) is 0 Å². The van der Waals surface area contributed by atoms with Gasteiger partial charge in [0.1, 0.15) is 5.75 Å². The molecular weight excluding hydrogens is 262 g/mol. The van der Waals surface area contributed by atoms with Gasteiger partial charge in [0, 0.05) is 11.4 Å². The van der Waals surface area contributed by atoms with Crippen molar-refractivity contribution >= 4 is 0 Å². The van der Waals surface area contributed by atoms with Crippen molar-refractivity contribution in [3.63, 3.8) is 0 Å². The molecule has 1 aromatic heterocycles. The molecule has 0 aliphatic carbocycles. The summed E-state index contributed by atoms with van der Waals surface area (Å²) in [6.07, 6.45) is 0. The molecule has 0 radical (unpaired) electrons. The maximum absolute atomic E-state index is 5.82. The fourth-order valence-electron chi connectivity index (χ4n) is 2.74. The number of pyridine rings is 1. The molecule has 0 spiro atoms. The van der Waals surface area contributed by atoms with Crippen molar-refractivity contribution in [2.45, 2.75) is 33.7 Å². The molecule has 21 heavy (non-hydrogen) atoms. The summed E-state index contributed by atoms with van der Waals surface area (Å²) < 4.78 is 5.38. The van der Waals surface area contributed by atoms with Crippen LogP contribution in [0, 0.1) is 27.7 Å². The normalized spacial score (nSPS) is 12.3. The molecule has 4 nitrogen and oxygen atoms in total. The highest BCUT2D eigenvalue weighted by atomic mass is 16.5. The second-order valence-corrected chi connectivity index (χ2v) is 5.46. The summed E-state index contributed by atoms with van der Waals surface area (Å²) >= 11 is 0. The number of methoxy groups -OCH3 is 1. The van der Waals surface area contributed by atoms with Crippen LogP contribution in [-0.4, -0.2) is 12.1 Å². The van der Waals surface area contributed by atoms with Gasteiger partial charge in [-0.2, -0.15) is 0 Å². The van der Waals surface area contributed by atoms with Crippen molar-refractivity contribution < 1.29 is 4.74 Å². The highest BCUT2D eigenvalue weighted by Crippen LogP contribution is 2.30. The smallest absolute Gasteiger partial charge is 0.122 e. The van der Waals surface area contributed by atoms with Crippen molar-refractivity contribution in [2.24, 2.45) is 5.84 Å². The van der Waals surface area contributed by atoms with Crippen molar-refractivity contribution in [3.8, 4) is 5.75 Å². The topological polar surface area (TPSA) is 60.2 Å². The molecule has 4 heteroatoms. The number of benzene rings is 1. The van der Waals surface area contributed by atoms with E-state index in [1.54, 1.807) is 7.11 Å². The summed E-state index contributed by atoms with van der Waals surface area (Å²) in [5, 5.41) is 0. The zero-order valence-corrected chi connectivity index (χ0v) is 13.3. The number of hydrogen-bond donors (Lipinski definition) is 2. The van der Waals surface area contributed by atoms with E-state index in [0.717, 1.165) is 39.4 Å². The van der Waals surface area contributed by atoms with E-state index in [9.17, 15) is 0 Å². The Hall–Kier alpha value is -1.91. The molecule has 0 saturated carbocycles. The van der Waals surface area contributed by atoms with E-state index in [1.165, 1.54) is 0 Å². The standard InChI is InChI=1S/C17H23N3O/c1-10-7-16(21-5)11(2)6-15(10)17(20-18)14-8-12(3)19-13(4)9-14/h6-9,17,20H,18H2,1-5H3. The van der Waals surface area contributed by atoms with Gasteiger partial charge in [0.05, 0.1) is 13.2 Å². The Morgan fingerprint density at radius 2 is 1.62 bits per heavy atom. The maximum atomic E-state index is 5.82. The molecule has 0 aliphatic rings. The third-order valence-corrected chi connectivity index (χ3v) is 3.70. The molecule has 1 unspecified atom stereocenters. The minimum Gasteiger partial charge on any atom is -0.496 e. The molecule has 0 amide bonds. The molecule has 0 saturated heterocycles. The number of nitrogens with zero attached hydrogens (tertiary/aromatic N) is 1. The lowest BCUT2D eigenvalue weighted by atomic mass is 9.93. The van der Waals surface area contributed by atoms with E-state index in [-0.39, 0.29) is 6.04 Å². The molecule has 112 valence electrons. The van der Waals surface area contributed by atoms with E-state index >= 15 is 0 Å². The highest BCUT2D eigenvalue weighted by Gasteiger charge is 2.17. The first kappa shape index (κ1) is 15.5. The number of hydrazine groups is 1. The van der Waals surface area contributed by atoms with E-state index in [2.05, 4.69) is 41.6 Å². The first-order chi connectivity index (χ1) is 9.96. The van der Waals surface area contributed by atoms with Gasteiger partial charge in [-0.1, -0.05) is 6.07 Å². The SMILES string of the molecule is COc1cc(C)c(C(NN)c2cc(C)nc(C)c2)cc1C. The van der Waals surface area contributed by atoms with Crippen molar-refractivity contribution in [1.82, 2.24) is 10.4 Å². The zero-order valence-electron chi connectivity index (χ0n) is 13.3. The van der Waals surface area contributed by atoms with Gasteiger partial charge in [0.2, 0.25) is 0 Å². The molecule has 2 rings (SSSR count). The quantitative estimate of drug-likeness (QED) is 0.670. The third kappa shape index (κ3) is 3.23. The molecule has 2 aromatic rings. The van der Waals surface area contributed by atoms with Gasteiger partial charge in [0.25, 0.3) is 0 Å². The van der Waals surface area contributed by atoms with Gasteiger partial charge >= 0.3 is 0 Å². The molecular formula is C17H23N3O. The molecule has 0 aliphatic heterocycles. The van der Waals surface area contributed by atoms with Crippen molar-refractivity contribution in [3.05, 3.63) is 57.9 Å². The summed E-state index contributed by atoms with van der Waals surface area (Å²) in [4.78, 5) is 4.42. The summed E-state index contributed by atoms with van der Waals surface area (Å²) in [5.74, 6) is 6.72. The van der Waals surface area contributed by atoms with Gasteiger partial charge in [-0.05, 0) is 68.1 Å². The molecule has 1 heterocycles. The minimum absolute atomic E-state index is 0.0602. The van der Waals surface area contributed by atoms with Crippen molar-refractivity contribution in [1.29, 1.82) is 0 Å². The number of rotatable bonds is 4. The van der Waals surface area contributed by atoms with E-state index in [1.807, 2.05) is 20.8 Å². The molecule has 1 atom stereocenters.